The number of nitrogens with zero attached hydrogens (tertiary/aromatic N) is 1. The quantitative estimate of drug-likeness (QED) is 0.909. The largest absolute Gasteiger partial charge is 0.440 e. The molecule has 0 saturated heterocycles. The molecule has 2 atom stereocenters. The van der Waals surface area contributed by atoms with Crippen LogP contribution in [-0.2, 0) is 4.79 Å². The van der Waals surface area contributed by atoms with Crippen molar-refractivity contribution < 1.29 is 9.21 Å². The zero-order chi connectivity index (χ0) is 14.4. The van der Waals surface area contributed by atoms with Crippen LogP contribution < -0.4 is 11.1 Å². The summed E-state index contributed by atoms with van der Waals surface area (Å²) in [5.74, 6) is 1.42. The average molecular weight is 322 g/mol. The standard InChI is InChI=1S/C16H19N3O2.ClH/c17-11-4-3-10(7-11)15(20)18-12-5-6-13-14(8-12)21-16(19-13)9-1-2-9;/h5-6,8-11H,1-4,7,17H2,(H,18,20);1H. The van der Waals surface area contributed by atoms with Crippen molar-refractivity contribution >= 4 is 35.1 Å². The molecular weight excluding hydrogens is 302 g/mol. The molecule has 2 saturated carbocycles. The van der Waals surface area contributed by atoms with Crippen LogP contribution in [0.25, 0.3) is 11.1 Å². The van der Waals surface area contributed by atoms with E-state index in [9.17, 15) is 4.79 Å². The Hall–Kier alpha value is -1.59. The maximum atomic E-state index is 12.2. The van der Waals surface area contributed by atoms with Crippen LogP contribution in [0.2, 0.25) is 0 Å². The van der Waals surface area contributed by atoms with Gasteiger partial charge in [-0.15, -0.1) is 12.4 Å². The van der Waals surface area contributed by atoms with Crippen molar-refractivity contribution in [3.8, 4) is 0 Å². The Labute approximate surface area is 135 Å². The van der Waals surface area contributed by atoms with Crippen LogP contribution >= 0.6 is 12.4 Å². The highest BCUT2D eigenvalue weighted by Crippen LogP contribution is 2.40. The second kappa shape index (κ2) is 5.89. The number of fused-ring (bicyclic) bond motifs is 1. The fourth-order valence-corrected chi connectivity index (χ4v) is 3.02. The number of amides is 1. The third-order valence-corrected chi connectivity index (χ3v) is 4.44. The van der Waals surface area contributed by atoms with Crippen molar-refractivity contribution in [3.05, 3.63) is 24.1 Å². The molecule has 2 aromatic rings. The Morgan fingerprint density at radius 3 is 2.77 bits per heavy atom. The van der Waals surface area contributed by atoms with Gasteiger partial charge in [0.2, 0.25) is 5.91 Å². The molecule has 0 bridgehead atoms. The normalized spacial score (nSPS) is 24.2. The molecule has 1 aromatic heterocycles. The SMILES string of the molecule is Cl.NC1CCC(C(=O)Nc2ccc3nc(C4CC4)oc3c2)C1. The summed E-state index contributed by atoms with van der Waals surface area (Å²) in [6.45, 7) is 0. The van der Waals surface area contributed by atoms with E-state index in [2.05, 4.69) is 10.3 Å². The van der Waals surface area contributed by atoms with Gasteiger partial charge in [-0.1, -0.05) is 0 Å². The van der Waals surface area contributed by atoms with Gasteiger partial charge < -0.3 is 15.5 Å². The summed E-state index contributed by atoms with van der Waals surface area (Å²) in [7, 11) is 0. The maximum Gasteiger partial charge on any atom is 0.227 e. The van der Waals surface area contributed by atoms with Crippen molar-refractivity contribution in [1.29, 1.82) is 0 Å². The van der Waals surface area contributed by atoms with Gasteiger partial charge in [0.1, 0.15) is 5.52 Å². The Morgan fingerprint density at radius 1 is 1.27 bits per heavy atom. The molecule has 118 valence electrons. The van der Waals surface area contributed by atoms with E-state index in [0.29, 0.717) is 5.92 Å². The summed E-state index contributed by atoms with van der Waals surface area (Å²) in [6, 6.07) is 5.81. The van der Waals surface area contributed by atoms with Crippen LogP contribution in [0.4, 0.5) is 5.69 Å². The zero-order valence-electron chi connectivity index (χ0n) is 12.2. The molecule has 0 aliphatic heterocycles. The fraction of sp³-hybridized carbons (Fsp3) is 0.500. The molecule has 2 fully saturated rings. The number of aromatic nitrogens is 1. The summed E-state index contributed by atoms with van der Waals surface area (Å²) >= 11 is 0. The number of anilines is 1. The molecule has 2 aliphatic rings. The molecule has 2 aliphatic carbocycles. The summed E-state index contributed by atoms with van der Waals surface area (Å²) < 4.78 is 5.77. The number of halogens is 1. The van der Waals surface area contributed by atoms with Gasteiger partial charge in [0.05, 0.1) is 0 Å². The Bertz CT molecular complexity index is 696. The third kappa shape index (κ3) is 2.96. The molecule has 2 unspecified atom stereocenters. The van der Waals surface area contributed by atoms with Crippen molar-refractivity contribution in [2.75, 3.05) is 5.32 Å². The lowest BCUT2D eigenvalue weighted by Crippen LogP contribution is -2.23. The summed E-state index contributed by atoms with van der Waals surface area (Å²) in [4.78, 5) is 16.7. The van der Waals surface area contributed by atoms with E-state index in [1.54, 1.807) is 0 Å². The van der Waals surface area contributed by atoms with Crippen LogP contribution in [-0.4, -0.2) is 16.9 Å². The Morgan fingerprint density at radius 2 is 2.09 bits per heavy atom. The molecule has 1 amide bonds. The zero-order valence-corrected chi connectivity index (χ0v) is 13.1. The summed E-state index contributed by atoms with van der Waals surface area (Å²) in [5, 5.41) is 2.97. The summed E-state index contributed by atoms with van der Waals surface area (Å²) in [5.41, 5.74) is 8.24. The van der Waals surface area contributed by atoms with Gasteiger partial charge >= 0.3 is 0 Å². The van der Waals surface area contributed by atoms with Crippen LogP contribution in [0.5, 0.6) is 0 Å². The van der Waals surface area contributed by atoms with E-state index in [4.69, 9.17) is 10.2 Å². The lowest BCUT2D eigenvalue weighted by molar-refractivity contribution is -0.119. The van der Waals surface area contributed by atoms with E-state index < -0.39 is 0 Å². The molecule has 4 rings (SSSR count). The van der Waals surface area contributed by atoms with E-state index >= 15 is 0 Å². The summed E-state index contributed by atoms with van der Waals surface area (Å²) in [6.07, 6.45) is 4.92. The van der Waals surface area contributed by atoms with Gasteiger partial charge in [0.25, 0.3) is 0 Å². The molecule has 1 heterocycles. The number of nitrogens with two attached hydrogens (primary N) is 1. The minimum Gasteiger partial charge on any atom is -0.440 e. The smallest absolute Gasteiger partial charge is 0.227 e. The Balaban J connectivity index is 0.00000144. The highest BCUT2D eigenvalue weighted by Gasteiger charge is 2.29. The van der Waals surface area contributed by atoms with Crippen molar-refractivity contribution in [1.82, 2.24) is 4.98 Å². The molecule has 0 spiro atoms. The van der Waals surface area contributed by atoms with E-state index in [1.165, 1.54) is 12.8 Å². The number of carbonyl (C=O) groups excluding carboxylic acids is 1. The van der Waals surface area contributed by atoms with Gasteiger partial charge in [-0.2, -0.15) is 0 Å². The average Bonchev–Trinajstić information content (AvgIpc) is 3.09. The number of rotatable bonds is 3. The number of hydrogen-bond donors (Lipinski definition) is 2. The molecular formula is C16H20ClN3O2. The molecule has 5 nitrogen and oxygen atoms in total. The van der Waals surface area contributed by atoms with Crippen molar-refractivity contribution in [2.45, 2.75) is 44.1 Å². The first kappa shape index (κ1) is 15.3. The molecule has 1 aromatic carbocycles. The number of benzene rings is 1. The first-order valence-corrected chi connectivity index (χ1v) is 7.66. The first-order chi connectivity index (χ1) is 10.2. The van der Waals surface area contributed by atoms with Gasteiger partial charge in [-0.25, -0.2) is 4.98 Å². The molecule has 3 N–H and O–H groups in total. The molecule has 0 radical (unpaired) electrons. The fourth-order valence-electron chi connectivity index (χ4n) is 3.02. The van der Waals surface area contributed by atoms with Gasteiger partial charge in [-0.05, 0) is 44.2 Å². The highest BCUT2D eigenvalue weighted by atomic mass is 35.5. The van der Waals surface area contributed by atoms with Gasteiger partial charge in [0, 0.05) is 29.6 Å². The predicted octanol–water partition coefficient (Wildman–Crippen LogP) is 3.19. The van der Waals surface area contributed by atoms with E-state index in [1.807, 2.05) is 18.2 Å². The first-order valence-electron chi connectivity index (χ1n) is 7.66. The third-order valence-electron chi connectivity index (χ3n) is 4.44. The topological polar surface area (TPSA) is 81.2 Å². The maximum absolute atomic E-state index is 12.2. The minimum atomic E-state index is 0. The van der Waals surface area contributed by atoms with Gasteiger partial charge in [-0.3, -0.25) is 4.79 Å². The lowest BCUT2D eigenvalue weighted by Gasteiger charge is -2.10. The van der Waals surface area contributed by atoms with Crippen LogP contribution in [0.15, 0.2) is 22.6 Å². The molecule has 6 heteroatoms. The van der Waals surface area contributed by atoms with Gasteiger partial charge in [0.15, 0.2) is 11.5 Å². The van der Waals surface area contributed by atoms with Crippen molar-refractivity contribution in [3.63, 3.8) is 0 Å². The molecule has 22 heavy (non-hydrogen) atoms. The number of carbonyl (C=O) groups is 1. The van der Waals surface area contributed by atoms with Crippen molar-refractivity contribution in [2.24, 2.45) is 11.7 Å². The monoisotopic (exact) mass is 321 g/mol. The number of oxazole rings is 1. The predicted molar refractivity (Wildman–Crippen MR) is 87.2 cm³/mol. The van der Waals surface area contributed by atoms with Crippen LogP contribution in [0.1, 0.15) is 43.9 Å². The number of nitrogens with one attached hydrogen (secondary N) is 1. The van der Waals surface area contributed by atoms with E-state index in [-0.39, 0.29) is 30.3 Å². The second-order valence-electron chi connectivity index (χ2n) is 6.27. The Kier molecular flexibility index (Phi) is 4.10. The van der Waals surface area contributed by atoms with E-state index in [0.717, 1.165) is 41.9 Å². The minimum absolute atomic E-state index is 0. The van der Waals surface area contributed by atoms with Crippen LogP contribution in [0, 0.1) is 5.92 Å². The lowest BCUT2D eigenvalue weighted by atomic mass is 10.1. The van der Waals surface area contributed by atoms with Crippen LogP contribution in [0.3, 0.4) is 0 Å². The number of hydrogen-bond acceptors (Lipinski definition) is 4. The second-order valence-corrected chi connectivity index (χ2v) is 6.27. The highest BCUT2D eigenvalue weighted by molar-refractivity contribution is 5.94.